The molecule has 1 fully saturated rings. The maximum absolute atomic E-state index is 4.42. The molecular weight excluding hydrogens is 242 g/mol. The summed E-state index contributed by atoms with van der Waals surface area (Å²) in [5.41, 5.74) is 2.47. The number of nitrogens with one attached hydrogen (secondary N) is 1. The molecule has 1 aromatic heterocycles. The van der Waals surface area contributed by atoms with Crippen molar-refractivity contribution >= 4 is 11.8 Å². The van der Waals surface area contributed by atoms with E-state index in [1.54, 1.807) is 0 Å². The number of aromatic nitrogens is 2. The van der Waals surface area contributed by atoms with Gasteiger partial charge in [0, 0.05) is 36.1 Å². The zero-order chi connectivity index (χ0) is 13.2. The first-order valence-electron chi connectivity index (χ1n) is 6.85. The first-order chi connectivity index (χ1) is 8.56. The maximum Gasteiger partial charge on any atom is 0.0641 e. The lowest BCUT2D eigenvalue weighted by Gasteiger charge is -2.29. The van der Waals surface area contributed by atoms with E-state index >= 15 is 0 Å². The average molecular weight is 267 g/mol. The van der Waals surface area contributed by atoms with Gasteiger partial charge in [0.1, 0.15) is 0 Å². The van der Waals surface area contributed by atoms with Gasteiger partial charge in [0.2, 0.25) is 0 Å². The van der Waals surface area contributed by atoms with Crippen LogP contribution in [0, 0.1) is 6.92 Å². The molecule has 1 aliphatic rings. The van der Waals surface area contributed by atoms with E-state index in [-0.39, 0.29) is 0 Å². The Morgan fingerprint density at radius 2 is 2.17 bits per heavy atom. The largest absolute Gasteiger partial charge is 0.309 e. The van der Waals surface area contributed by atoms with E-state index in [0.717, 1.165) is 12.2 Å². The molecule has 1 saturated carbocycles. The van der Waals surface area contributed by atoms with Crippen molar-refractivity contribution in [2.75, 3.05) is 12.8 Å². The molecule has 0 amide bonds. The minimum Gasteiger partial charge on any atom is -0.309 e. The molecule has 2 rings (SSSR count). The Morgan fingerprint density at radius 1 is 1.50 bits per heavy atom. The lowest BCUT2D eigenvalue weighted by Crippen LogP contribution is -2.36. The van der Waals surface area contributed by atoms with Gasteiger partial charge in [-0.25, -0.2) is 0 Å². The van der Waals surface area contributed by atoms with Gasteiger partial charge in [0.05, 0.1) is 5.69 Å². The molecule has 1 atom stereocenters. The minimum absolute atomic E-state index is 0.392. The first-order valence-corrected chi connectivity index (χ1v) is 8.07. The Morgan fingerprint density at radius 3 is 2.67 bits per heavy atom. The zero-order valence-corrected chi connectivity index (χ0v) is 12.8. The highest BCUT2D eigenvalue weighted by Crippen LogP contribution is 2.40. The number of hydrogen-bond donors (Lipinski definition) is 1. The third-order valence-electron chi connectivity index (χ3n) is 4.20. The molecule has 1 N–H and O–H groups in total. The normalized spacial score (nSPS) is 20.2. The van der Waals surface area contributed by atoms with Crippen molar-refractivity contribution in [3.8, 4) is 0 Å². The van der Waals surface area contributed by atoms with Gasteiger partial charge in [-0.2, -0.15) is 16.9 Å². The lowest BCUT2D eigenvalue weighted by molar-refractivity contribution is 0.485. The molecule has 1 aromatic rings. The molecule has 0 bridgehead atoms. The minimum atomic E-state index is 0.392. The fraction of sp³-hybridized carbons (Fsp3) is 0.786. The van der Waals surface area contributed by atoms with E-state index in [2.05, 4.69) is 36.7 Å². The summed E-state index contributed by atoms with van der Waals surface area (Å²) >= 11 is 2.04. The highest BCUT2D eigenvalue weighted by Gasteiger charge is 2.33. The van der Waals surface area contributed by atoms with E-state index in [1.165, 1.54) is 31.2 Å². The summed E-state index contributed by atoms with van der Waals surface area (Å²) in [5, 5.41) is 8.13. The fourth-order valence-corrected chi connectivity index (χ4v) is 3.89. The van der Waals surface area contributed by atoms with Crippen LogP contribution in [0.1, 0.15) is 49.9 Å². The molecular formula is C14H25N3S. The lowest BCUT2D eigenvalue weighted by atomic mass is 10.1. The molecule has 102 valence electrons. The van der Waals surface area contributed by atoms with E-state index in [1.807, 2.05) is 23.5 Å². The second-order valence-electron chi connectivity index (χ2n) is 5.54. The van der Waals surface area contributed by atoms with Gasteiger partial charge in [0.15, 0.2) is 0 Å². The number of rotatable bonds is 5. The standard InChI is InChI=1S/C14H25N3S/c1-11(13-9-17(3)16-12(13)2)15-10-14(18-4)7-5-6-8-14/h9,11,15H,5-8,10H2,1-4H3. The van der Waals surface area contributed by atoms with Crippen LogP contribution in [0.3, 0.4) is 0 Å². The summed E-state index contributed by atoms with van der Waals surface area (Å²) in [6.45, 7) is 5.45. The van der Waals surface area contributed by atoms with Gasteiger partial charge in [-0.3, -0.25) is 4.68 Å². The van der Waals surface area contributed by atoms with Gasteiger partial charge < -0.3 is 5.32 Å². The highest BCUT2D eigenvalue weighted by atomic mass is 32.2. The van der Waals surface area contributed by atoms with Crippen molar-refractivity contribution < 1.29 is 0 Å². The molecule has 4 heteroatoms. The van der Waals surface area contributed by atoms with E-state index < -0.39 is 0 Å². The summed E-state index contributed by atoms with van der Waals surface area (Å²) < 4.78 is 2.38. The average Bonchev–Trinajstić information content (AvgIpc) is 2.94. The topological polar surface area (TPSA) is 29.9 Å². The van der Waals surface area contributed by atoms with E-state index in [9.17, 15) is 0 Å². The fourth-order valence-electron chi connectivity index (χ4n) is 2.96. The Bertz CT molecular complexity index is 394. The number of aryl methyl sites for hydroxylation is 2. The Labute approximate surface area is 115 Å². The first kappa shape index (κ1) is 13.9. The van der Waals surface area contributed by atoms with Crippen LogP contribution in [0.25, 0.3) is 0 Å². The van der Waals surface area contributed by atoms with Crippen LogP contribution in [-0.4, -0.2) is 27.3 Å². The molecule has 1 aliphatic carbocycles. The number of hydrogen-bond acceptors (Lipinski definition) is 3. The van der Waals surface area contributed by atoms with E-state index in [0.29, 0.717) is 10.8 Å². The zero-order valence-electron chi connectivity index (χ0n) is 12.0. The van der Waals surface area contributed by atoms with Gasteiger partial charge in [-0.15, -0.1) is 0 Å². The molecule has 1 heterocycles. The highest BCUT2D eigenvalue weighted by molar-refractivity contribution is 8.00. The predicted octanol–water partition coefficient (Wildman–Crippen LogP) is 3.05. The summed E-state index contributed by atoms with van der Waals surface area (Å²) in [6, 6.07) is 0.392. The Hall–Kier alpha value is -0.480. The smallest absolute Gasteiger partial charge is 0.0641 e. The van der Waals surface area contributed by atoms with Crippen LogP contribution in [-0.2, 0) is 7.05 Å². The SMILES string of the molecule is CSC1(CNC(C)c2cn(C)nc2C)CCCC1. The quantitative estimate of drug-likeness (QED) is 0.889. The summed E-state index contributed by atoms with van der Waals surface area (Å²) in [7, 11) is 1.99. The molecule has 0 radical (unpaired) electrons. The third-order valence-corrected chi connectivity index (χ3v) is 5.61. The molecule has 0 aliphatic heterocycles. The van der Waals surface area contributed by atoms with Crippen molar-refractivity contribution in [1.29, 1.82) is 0 Å². The molecule has 0 aromatic carbocycles. The number of nitrogens with zero attached hydrogens (tertiary/aromatic N) is 2. The van der Waals surface area contributed by atoms with Crippen molar-refractivity contribution in [2.45, 2.75) is 50.3 Å². The number of thioether (sulfide) groups is 1. The molecule has 0 spiro atoms. The van der Waals surface area contributed by atoms with Crippen molar-refractivity contribution in [1.82, 2.24) is 15.1 Å². The summed E-state index contributed by atoms with van der Waals surface area (Å²) in [4.78, 5) is 0. The second-order valence-corrected chi connectivity index (χ2v) is 6.81. The van der Waals surface area contributed by atoms with Crippen LogP contribution in [0.15, 0.2) is 6.20 Å². The second kappa shape index (κ2) is 5.66. The van der Waals surface area contributed by atoms with Crippen LogP contribution < -0.4 is 5.32 Å². The molecule has 3 nitrogen and oxygen atoms in total. The Kier molecular flexibility index (Phi) is 4.38. The van der Waals surface area contributed by atoms with Gasteiger partial charge in [-0.05, 0) is 32.9 Å². The van der Waals surface area contributed by atoms with Crippen LogP contribution >= 0.6 is 11.8 Å². The molecule has 18 heavy (non-hydrogen) atoms. The van der Waals surface area contributed by atoms with E-state index in [4.69, 9.17) is 0 Å². The molecule has 0 saturated heterocycles. The van der Waals surface area contributed by atoms with Gasteiger partial charge >= 0.3 is 0 Å². The monoisotopic (exact) mass is 267 g/mol. The van der Waals surface area contributed by atoms with Crippen LogP contribution in [0.5, 0.6) is 0 Å². The predicted molar refractivity (Wildman–Crippen MR) is 79.1 cm³/mol. The van der Waals surface area contributed by atoms with Crippen LogP contribution in [0.4, 0.5) is 0 Å². The third kappa shape index (κ3) is 2.91. The van der Waals surface area contributed by atoms with Gasteiger partial charge in [0.25, 0.3) is 0 Å². The van der Waals surface area contributed by atoms with Crippen molar-refractivity contribution in [3.63, 3.8) is 0 Å². The summed E-state index contributed by atoms with van der Waals surface area (Å²) in [5.74, 6) is 0. The van der Waals surface area contributed by atoms with Crippen LogP contribution in [0.2, 0.25) is 0 Å². The summed E-state index contributed by atoms with van der Waals surface area (Å²) in [6.07, 6.45) is 9.89. The van der Waals surface area contributed by atoms with Gasteiger partial charge in [-0.1, -0.05) is 12.8 Å². The molecule has 1 unspecified atom stereocenters. The van der Waals surface area contributed by atoms with Crippen molar-refractivity contribution in [3.05, 3.63) is 17.5 Å². The Balaban J connectivity index is 1.95. The maximum atomic E-state index is 4.42. The van der Waals surface area contributed by atoms with Crippen molar-refractivity contribution in [2.24, 2.45) is 7.05 Å².